The molecule has 0 saturated carbocycles. The van der Waals surface area contributed by atoms with Crippen molar-refractivity contribution in [2.45, 2.75) is 26.5 Å². The Kier molecular flexibility index (Phi) is 6.54. The second-order valence-electron chi connectivity index (χ2n) is 5.37. The molecule has 0 fully saturated rings. The lowest BCUT2D eigenvalue weighted by Crippen LogP contribution is -2.36. The highest BCUT2D eigenvalue weighted by atomic mass is 19.3. The first-order chi connectivity index (χ1) is 11.5. The zero-order valence-corrected chi connectivity index (χ0v) is 13.4. The van der Waals surface area contributed by atoms with Gasteiger partial charge in [0.2, 0.25) is 0 Å². The molecule has 128 valence electrons. The van der Waals surface area contributed by atoms with Gasteiger partial charge in [-0.3, -0.25) is 0 Å². The van der Waals surface area contributed by atoms with E-state index in [1.807, 2.05) is 25.1 Å². The summed E-state index contributed by atoms with van der Waals surface area (Å²) in [7, 11) is 0. The van der Waals surface area contributed by atoms with Gasteiger partial charge in [0.15, 0.2) is 0 Å². The minimum atomic E-state index is -2.84. The topological polar surface area (TPSA) is 50.4 Å². The third kappa shape index (κ3) is 6.24. The first-order valence-corrected chi connectivity index (χ1v) is 7.64. The fourth-order valence-electron chi connectivity index (χ4n) is 2.22. The van der Waals surface area contributed by atoms with Gasteiger partial charge in [0.25, 0.3) is 0 Å². The molecular weight excluding hydrogens is 314 g/mol. The van der Waals surface area contributed by atoms with Gasteiger partial charge in [0.1, 0.15) is 5.75 Å². The number of ether oxygens (including phenoxy) is 1. The zero-order valence-electron chi connectivity index (χ0n) is 13.4. The van der Waals surface area contributed by atoms with Crippen LogP contribution in [0.4, 0.5) is 13.6 Å². The molecule has 2 rings (SSSR count). The summed E-state index contributed by atoms with van der Waals surface area (Å²) in [5.41, 5.74) is 3.16. The van der Waals surface area contributed by atoms with Crippen molar-refractivity contribution in [2.75, 3.05) is 6.54 Å². The zero-order chi connectivity index (χ0) is 17.4. The summed E-state index contributed by atoms with van der Waals surface area (Å²) in [6, 6.07) is 14.0. The van der Waals surface area contributed by atoms with Crippen LogP contribution in [0.3, 0.4) is 0 Å². The normalized spacial score (nSPS) is 10.5. The number of carbonyl (C=O) groups excluding carboxylic acids is 1. The van der Waals surface area contributed by atoms with Gasteiger partial charge in [0, 0.05) is 13.1 Å². The van der Waals surface area contributed by atoms with E-state index < -0.39 is 6.61 Å². The highest BCUT2D eigenvalue weighted by Crippen LogP contribution is 2.14. The molecular formula is C18H20F2N2O2. The van der Waals surface area contributed by atoms with Crippen LogP contribution in [0.1, 0.15) is 16.7 Å². The Morgan fingerprint density at radius 1 is 1.08 bits per heavy atom. The standard InChI is InChI=1S/C18H20F2N2O2/c1-13-3-2-4-14(11-13)9-10-21-18(23)22-12-15-5-7-16(8-6-15)24-17(19)20/h2-8,11,17H,9-10,12H2,1H3,(H2,21,22,23). The van der Waals surface area contributed by atoms with Crippen molar-refractivity contribution in [1.29, 1.82) is 0 Å². The predicted molar refractivity (Wildman–Crippen MR) is 88.2 cm³/mol. The summed E-state index contributed by atoms with van der Waals surface area (Å²) < 4.78 is 28.4. The van der Waals surface area contributed by atoms with E-state index in [2.05, 4.69) is 21.4 Å². The van der Waals surface area contributed by atoms with Gasteiger partial charge < -0.3 is 15.4 Å². The van der Waals surface area contributed by atoms with Crippen molar-refractivity contribution < 1.29 is 18.3 Å². The number of halogens is 2. The number of benzene rings is 2. The summed E-state index contributed by atoms with van der Waals surface area (Å²) in [5, 5.41) is 5.50. The second kappa shape index (κ2) is 8.86. The van der Waals surface area contributed by atoms with Crippen molar-refractivity contribution >= 4 is 6.03 Å². The van der Waals surface area contributed by atoms with Crippen molar-refractivity contribution in [1.82, 2.24) is 10.6 Å². The summed E-state index contributed by atoms with van der Waals surface area (Å²) in [6.07, 6.45) is 0.759. The largest absolute Gasteiger partial charge is 0.435 e. The lowest BCUT2D eigenvalue weighted by Gasteiger charge is -2.09. The maximum absolute atomic E-state index is 12.1. The maximum atomic E-state index is 12.1. The van der Waals surface area contributed by atoms with Crippen LogP contribution in [0, 0.1) is 6.92 Å². The Balaban J connectivity index is 1.69. The average Bonchev–Trinajstić information content (AvgIpc) is 2.54. The maximum Gasteiger partial charge on any atom is 0.387 e. The summed E-state index contributed by atoms with van der Waals surface area (Å²) in [4.78, 5) is 11.7. The molecule has 0 unspecified atom stereocenters. The molecule has 2 N–H and O–H groups in total. The van der Waals surface area contributed by atoms with Gasteiger partial charge in [-0.1, -0.05) is 42.0 Å². The Hall–Kier alpha value is -2.63. The minimum absolute atomic E-state index is 0.0938. The van der Waals surface area contributed by atoms with Crippen molar-refractivity contribution in [3.05, 3.63) is 65.2 Å². The summed E-state index contributed by atoms with van der Waals surface area (Å²) >= 11 is 0. The number of nitrogens with one attached hydrogen (secondary N) is 2. The predicted octanol–water partition coefficient (Wildman–Crippen LogP) is 3.64. The molecule has 0 heterocycles. The highest BCUT2D eigenvalue weighted by Gasteiger charge is 2.04. The molecule has 2 amide bonds. The van der Waals surface area contributed by atoms with E-state index in [9.17, 15) is 13.6 Å². The van der Waals surface area contributed by atoms with Crippen LogP contribution in [-0.2, 0) is 13.0 Å². The molecule has 0 atom stereocenters. The van der Waals surface area contributed by atoms with Crippen molar-refractivity contribution in [3.8, 4) is 5.75 Å². The molecule has 2 aromatic rings. The van der Waals surface area contributed by atoms with E-state index in [4.69, 9.17) is 0 Å². The van der Waals surface area contributed by atoms with Crippen LogP contribution in [0.15, 0.2) is 48.5 Å². The number of urea groups is 1. The number of hydrogen-bond acceptors (Lipinski definition) is 2. The quantitative estimate of drug-likeness (QED) is 0.812. The molecule has 24 heavy (non-hydrogen) atoms. The number of aryl methyl sites for hydroxylation is 1. The highest BCUT2D eigenvalue weighted by molar-refractivity contribution is 5.73. The van der Waals surface area contributed by atoms with E-state index in [1.54, 1.807) is 12.1 Å². The monoisotopic (exact) mass is 334 g/mol. The smallest absolute Gasteiger partial charge is 0.387 e. The molecule has 0 saturated heterocycles. The Morgan fingerprint density at radius 2 is 1.83 bits per heavy atom. The van der Waals surface area contributed by atoms with Crippen LogP contribution < -0.4 is 15.4 Å². The van der Waals surface area contributed by atoms with E-state index >= 15 is 0 Å². The Bertz CT molecular complexity index is 660. The van der Waals surface area contributed by atoms with E-state index in [0.717, 1.165) is 12.0 Å². The fraction of sp³-hybridized carbons (Fsp3) is 0.278. The van der Waals surface area contributed by atoms with E-state index in [-0.39, 0.29) is 11.8 Å². The lowest BCUT2D eigenvalue weighted by atomic mass is 10.1. The number of carbonyl (C=O) groups is 1. The number of amides is 2. The molecule has 6 heteroatoms. The van der Waals surface area contributed by atoms with E-state index in [1.165, 1.54) is 23.3 Å². The Morgan fingerprint density at radius 3 is 2.50 bits per heavy atom. The first kappa shape index (κ1) is 17.7. The average molecular weight is 334 g/mol. The van der Waals surface area contributed by atoms with Gasteiger partial charge in [-0.25, -0.2) is 4.79 Å². The molecule has 4 nitrogen and oxygen atoms in total. The summed E-state index contributed by atoms with van der Waals surface area (Å²) in [6.45, 7) is 0.0383. The lowest BCUT2D eigenvalue weighted by molar-refractivity contribution is -0.0498. The van der Waals surface area contributed by atoms with E-state index in [0.29, 0.717) is 13.1 Å². The van der Waals surface area contributed by atoms with Gasteiger partial charge >= 0.3 is 12.6 Å². The Labute approximate surface area is 139 Å². The molecule has 0 aliphatic rings. The van der Waals surface area contributed by atoms with Crippen LogP contribution in [0.2, 0.25) is 0 Å². The number of rotatable bonds is 7. The molecule has 2 aromatic carbocycles. The van der Waals surface area contributed by atoms with Gasteiger partial charge in [-0.2, -0.15) is 8.78 Å². The molecule has 0 aliphatic carbocycles. The van der Waals surface area contributed by atoms with Crippen molar-refractivity contribution in [3.63, 3.8) is 0 Å². The van der Waals surface area contributed by atoms with Crippen LogP contribution in [-0.4, -0.2) is 19.2 Å². The van der Waals surface area contributed by atoms with Crippen molar-refractivity contribution in [2.24, 2.45) is 0 Å². The van der Waals surface area contributed by atoms with Gasteiger partial charge in [-0.15, -0.1) is 0 Å². The van der Waals surface area contributed by atoms with Gasteiger partial charge in [0.05, 0.1) is 0 Å². The fourth-order valence-corrected chi connectivity index (χ4v) is 2.22. The molecule has 0 bridgehead atoms. The van der Waals surface area contributed by atoms with Crippen LogP contribution >= 0.6 is 0 Å². The summed E-state index contributed by atoms with van der Waals surface area (Å²) in [5.74, 6) is 0.0938. The molecule has 0 radical (unpaired) electrons. The number of hydrogen-bond donors (Lipinski definition) is 2. The SMILES string of the molecule is Cc1cccc(CCNC(=O)NCc2ccc(OC(F)F)cc2)c1. The van der Waals surface area contributed by atoms with Crippen LogP contribution in [0.25, 0.3) is 0 Å². The molecule has 0 aromatic heterocycles. The molecule has 0 aliphatic heterocycles. The van der Waals surface area contributed by atoms with Crippen LogP contribution in [0.5, 0.6) is 5.75 Å². The molecule has 0 spiro atoms. The third-order valence-electron chi connectivity index (χ3n) is 3.38. The first-order valence-electron chi connectivity index (χ1n) is 7.64. The second-order valence-corrected chi connectivity index (χ2v) is 5.37. The number of alkyl halides is 2. The third-order valence-corrected chi connectivity index (χ3v) is 3.38. The van der Waals surface area contributed by atoms with Gasteiger partial charge in [-0.05, 0) is 36.6 Å². The minimum Gasteiger partial charge on any atom is -0.435 e.